The van der Waals surface area contributed by atoms with Crippen molar-refractivity contribution in [3.63, 3.8) is 0 Å². The lowest BCUT2D eigenvalue weighted by atomic mass is 10.1. The van der Waals surface area contributed by atoms with Gasteiger partial charge >= 0.3 is 0 Å². The van der Waals surface area contributed by atoms with Crippen molar-refractivity contribution in [3.05, 3.63) is 23.8 Å². The predicted molar refractivity (Wildman–Crippen MR) is 88.3 cm³/mol. The molecule has 2 amide bonds. The minimum atomic E-state index is -0.567. The Morgan fingerprint density at radius 1 is 1.50 bits per heavy atom. The third kappa shape index (κ3) is 4.15. The highest BCUT2D eigenvalue weighted by atomic mass is 16.5. The zero-order chi connectivity index (χ0) is 17.5. The van der Waals surface area contributed by atoms with Crippen molar-refractivity contribution >= 4 is 11.8 Å². The van der Waals surface area contributed by atoms with E-state index in [1.807, 2.05) is 30.0 Å². The number of hydrazine groups is 1. The predicted octanol–water partition coefficient (Wildman–Crippen LogP) is -0.226. The summed E-state index contributed by atoms with van der Waals surface area (Å²) in [6.07, 6.45) is 0.0102. The van der Waals surface area contributed by atoms with Crippen LogP contribution in [0.25, 0.3) is 0 Å². The van der Waals surface area contributed by atoms with Crippen LogP contribution in [-0.2, 0) is 16.1 Å². The minimum Gasteiger partial charge on any atom is -0.493 e. The molecular weight excluding hydrogens is 312 g/mol. The molecule has 0 saturated carbocycles. The standard InChI is InChI=1S/C16H24N4O4/c1-3-24-15-11(5-4-6-13(15)23-2)10-20-8-7-18-16(22)12(20)9-14(21)19-17/h4-6,12H,3,7-10,17H2,1-2H3,(H,18,22)(H,19,21). The minimum absolute atomic E-state index is 0.0102. The summed E-state index contributed by atoms with van der Waals surface area (Å²) in [5.74, 6) is 5.90. The molecule has 1 fully saturated rings. The largest absolute Gasteiger partial charge is 0.493 e. The Bertz CT molecular complexity index is 593. The average Bonchev–Trinajstić information content (AvgIpc) is 2.59. The van der Waals surface area contributed by atoms with Gasteiger partial charge in [0.1, 0.15) is 0 Å². The number of carbonyl (C=O) groups excluding carboxylic acids is 2. The normalized spacial score (nSPS) is 18.0. The van der Waals surface area contributed by atoms with Gasteiger partial charge in [0.25, 0.3) is 0 Å². The monoisotopic (exact) mass is 336 g/mol. The molecule has 0 bridgehead atoms. The summed E-state index contributed by atoms with van der Waals surface area (Å²) in [7, 11) is 1.59. The van der Waals surface area contributed by atoms with Gasteiger partial charge in [0.05, 0.1) is 26.2 Å². The SMILES string of the molecule is CCOc1c(CN2CCNC(=O)C2CC(=O)NN)cccc1OC. The molecule has 1 aromatic rings. The maximum Gasteiger partial charge on any atom is 0.237 e. The second-order valence-electron chi connectivity index (χ2n) is 5.43. The maximum atomic E-state index is 12.2. The number of hydrogen-bond donors (Lipinski definition) is 3. The fourth-order valence-corrected chi connectivity index (χ4v) is 2.78. The molecule has 1 heterocycles. The molecule has 0 aromatic heterocycles. The number of amides is 2. The first-order valence-electron chi connectivity index (χ1n) is 7.90. The van der Waals surface area contributed by atoms with Gasteiger partial charge in [0.15, 0.2) is 11.5 Å². The van der Waals surface area contributed by atoms with Crippen LogP contribution in [0.15, 0.2) is 18.2 Å². The van der Waals surface area contributed by atoms with Crippen LogP contribution in [0.1, 0.15) is 18.9 Å². The van der Waals surface area contributed by atoms with Crippen molar-refractivity contribution < 1.29 is 19.1 Å². The van der Waals surface area contributed by atoms with E-state index in [0.29, 0.717) is 37.7 Å². The number of nitrogens with one attached hydrogen (secondary N) is 2. The van der Waals surface area contributed by atoms with Crippen molar-refractivity contribution in [2.24, 2.45) is 5.84 Å². The van der Waals surface area contributed by atoms with Crippen molar-refractivity contribution in [1.29, 1.82) is 0 Å². The van der Waals surface area contributed by atoms with E-state index in [4.69, 9.17) is 15.3 Å². The number of methoxy groups -OCH3 is 1. The van der Waals surface area contributed by atoms with Gasteiger partial charge < -0.3 is 14.8 Å². The highest BCUT2D eigenvalue weighted by Crippen LogP contribution is 2.32. The summed E-state index contributed by atoms with van der Waals surface area (Å²) >= 11 is 0. The quantitative estimate of drug-likeness (QED) is 0.361. The van der Waals surface area contributed by atoms with E-state index in [9.17, 15) is 9.59 Å². The van der Waals surface area contributed by atoms with Gasteiger partial charge in [-0.3, -0.25) is 19.9 Å². The molecule has 1 saturated heterocycles. The second-order valence-corrected chi connectivity index (χ2v) is 5.43. The number of ether oxygens (including phenoxy) is 2. The first-order chi connectivity index (χ1) is 11.6. The van der Waals surface area contributed by atoms with Gasteiger partial charge in [-0.15, -0.1) is 0 Å². The number of benzene rings is 1. The molecule has 1 unspecified atom stereocenters. The Labute approximate surface area is 141 Å². The maximum absolute atomic E-state index is 12.2. The van der Waals surface area contributed by atoms with Gasteiger partial charge in [-0.2, -0.15) is 0 Å². The molecule has 1 atom stereocenters. The van der Waals surface area contributed by atoms with E-state index in [0.717, 1.165) is 5.56 Å². The first kappa shape index (κ1) is 18.0. The van der Waals surface area contributed by atoms with Crippen molar-refractivity contribution in [3.8, 4) is 11.5 Å². The molecular formula is C16H24N4O4. The van der Waals surface area contributed by atoms with Gasteiger partial charge in [-0.05, 0) is 13.0 Å². The fraction of sp³-hybridized carbons (Fsp3) is 0.500. The number of rotatable bonds is 7. The zero-order valence-electron chi connectivity index (χ0n) is 14.0. The van der Waals surface area contributed by atoms with E-state index in [1.54, 1.807) is 7.11 Å². The van der Waals surface area contributed by atoms with Crippen molar-refractivity contribution in [2.45, 2.75) is 25.9 Å². The molecule has 0 aliphatic carbocycles. The molecule has 8 heteroatoms. The molecule has 8 nitrogen and oxygen atoms in total. The highest BCUT2D eigenvalue weighted by Gasteiger charge is 2.32. The molecule has 0 spiro atoms. The molecule has 1 aromatic carbocycles. The molecule has 132 valence electrons. The Hall–Kier alpha value is -2.32. The van der Waals surface area contributed by atoms with E-state index >= 15 is 0 Å². The van der Waals surface area contributed by atoms with Crippen LogP contribution in [0.4, 0.5) is 0 Å². The summed E-state index contributed by atoms with van der Waals surface area (Å²) < 4.78 is 11.1. The molecule has 24 heavy (non-hydrogen) atoms. The number of nitrogens with zero attached hydrogens (tertiary/aromatic N) is 1. The Kier molecular flexibility index (Phi) is 6.39. The fourth-order valence-electron chi connectivity index (χ4n) is 2.78. The zero-order valence-corrected chi connectivity index (χ0v) is 14.0. The van der Waals surface area contributed by atoms with E-state index in [2.05, 4.69) is 10.7 Å². The van der Waals surface area contributed by atoms with Crippen molar-refractivity contribution in [1.82, 2.24) is 15.6 Å². The van der Waals surface area contributed by atoms with Crippen LogP contribution < -0.4 is 26.1 Å². The summed E-state index contributed by atoms with van der Waals surface area (Å²) in [5.41, 5.74) is 2.98. The van der Waals surface area contributed by atoms with E-state index in [-0.39, 0.29) is 18.2 Å². The Balaban J connectivity index is 2.23. The molecule has 4 N–H and O–H groups in total. The average molecular weight is 336 g/mol. The van der Waals surface area contributed by atoms with Crippen molar-refractivity contribution in [2.75, 3.05) is 26.8 Å². The van der Waals surface area contributed by atoms with Crippen LogP contribution in [0.3, 0.4) is 0 Å². The number of nitrogens with two attached hydrogens (primary N) is 1. The Morgan fingerprint density at radius 3 is 2.96 bits per heavy atom. The molecule has 1 aliphatic heterocycles. The van der Waals surface area contributed by atoms with Gasteiger partial charge in [-0.1, -0.05) is 12.1 Å². The highest BCUT2D eigenvalue weighted by molar-refractivity contribution is 5.88. The number of para-hydroxylation sites is 1. The van der Waals surface area contributed by atoms with Gasteiger partial charge in [0, 0.05) is 25.2 Å². The lowest BCUT2D eigenvalue weighted by molar-refractivity contribution is -0.134. The summed E-state index contributed by atoms with van der Waals surface area (Å²) in [6, 6.07) is 5.07. The third-order valence-electron chi connectivity index (χ3n) is 3.92. The number of hydrogen-bond acceptors (Lipinski definition) is 6. The number of piperazine rings is 1. The van der Waals surface area contributed by atoms with Crippen LogP contribution in [-0.4, -0.2) is 49.6 Å². The van der Waals surface area contributed by atoms with Crippen LogP contribution >= 0.6 is 0 Å². The van der Waals surface area contributed by atoms with Crippen LogP contribution in [0, 0.1) is 0 Å². The van der Waals surface area contributed by atoms with Crippen LogP contribution in [0.2, 0.25) is 0 Å². The van der Waals surface area contributed by atoms with E-state index < -0.39 is 6.04 Å². The molecule has 0 radical (unpaired) electrons. The summed E-state index contributed by atoms with van der Waals surface area (Å²) in [4.78, 5) is 25.7. The van der Waals surface area contributed by atoms with Gasteiger partial charge in [0.2, 0.25) is 11.8 Å². The van der Waals surface area contributed by atoms with Crippen LogP contribution in [0.5, 0.6) is 11.5 Å². The molecule has 1 aliphatic rings. The Morgan fingerprint density at radius 2 is 2.29 bits per heavy atom. The first-order valence-corrected chi connectivity index (χ1v) is 7.90. The lowest BCUT2D eigenvalue weighted by Crippen LogP contribution is -2.56. The van der Waals surface area contributed by atoms with Gasteiger partial charge in [-0.25, -0.2) is 5.84 Å². The number of carbonyl (C=O) groups is 2. The third-order valence-corrected chi connectivity index (χ3v) is 3.92. The van der Waals surface area contributed by atoms with E-state index in [1.165, 1.54) is 0 Å². The second kappa shape index (κ2) is 8.51. The lowest BCUT2D eigenvalue weighted by Gasteiger charge is -2.35. The summed E-state index contributed by atoms with van der Waals surface area (Å²) in [5, 5.41) is 2.78. The smallest absolute Gasteiger partial charge is 0.237 e. The topological polar surface area (TPSA) is 106 Å². The summed E-state index contributed by atoms with van der Waals surface area (Å²) in [6.45, 7) is 4.05. The molecule has 2 rings (SSSR count).